The van der Waals surface area contributed by atoms with Gasteiger partial charge in [0.15, 0.2) is 0 Å². The molecule has 0 fully saturated rings. The van der Waals surface area contributed by atoms with Gasteiger partial charge in [0, 0.05) is 55.3 Å². The number of nitrogens with two attached hydrogens (primary N) is 1. The minimum absolute atomic E-state index is 0.121. The van der Waals surface area contributed by atoms with Crippen molar-refractivity contribution < 1.29 is 8.78 Å². The van der Waals surface area contributed by atoms with Gasteiger partial charge in [-0.1, -0.05) is 35.9 Å². The molecule has 2 heterocycles. The number of nitrogens with one attached hydrogen (secondary N) is 1. The Kier molecular flexibility index (Phi) is 4.89. The van der Waals surface area contributed by atoms with Crippen molar-refractivity contribution in [1.29, 1.82) is 0 Å². The molecule has 3 aromatic rings. The average molecular weight is 382 g/mol. The molecule has 0 saturated heterocycles. The number of fused-ring (bicyclic) bond motifs is 2. The van der Waals surface area contributed by atoms with Gasteiger partial charge < -0.3 is 16.0 Å². The maximum Gasteiger partial charge on any atom is 0.275 e. The van der Waals surface area contributed by atoms with Gasteiger partial charge in [0.1, 0.15) is 5.82 Å². The Hall–Kier alpha value is -2.73. The van der Waals surface area contributed by atoms with Crippen LogP contribution in [0.25, 0.3) is 10.9 Å². The molecule has 1 aliphatic heterocycles. The van der Waals surface area contributed by atoms with Gasteiger partial charge in [-0.2, -0.15) is 0 Å². The fourth-order valence-corrected chi connectivity index (χ4v) is 3.75. The van der Waals surface area contributed by atoms with E-state index in [9.17, 15) is 8.78 Å². The van der Waals surface area contributed by atoms with E-state index in [2.05, 4.69) is 11.4 Å². The molecule has 4 rings (SSSR count). The maximum absolute atomic E-state index is 14.6. The van der Waals surface area contributed by atoms with E-state index in [4.69, 9.17) is 10.7 Å². The van der Waals surface area contributed by atoms with E-state index in [0.717, 1.165) is 22.2 Å². The molecule has 1 aromatic heterocycles. The zero-order chi connectivity index (χ0) is 19.7. The highest BCUT2D eigenvalue weighted by Crippen LogP contribution is 2.38. The first-order valence-electron chi connectivity index (χ1n) is 9.54. The van der Waals surface area contributed by atoms with Crippen molar-refractivity contribution in [2.24, 2.45) is 5.73 Å². The lowest BCUT2D eigenvalue weighted by atomic mass is 10.0. The zero-order valence-electron chi connectivity index (χ0n) is 15.9. The standard InChI is InChI=1S/C22H24F2N4/c1-15-6-7-19-17(12-15)20(26-10-9-25)13-21(27-19)28-11-8-22(23,24)18-5-3-2-4-16(18)14-28/h2-7,12-13H,8-11,14,25H2,1H3,(H,26,27). The molecule has 0 saturated carbocycles. The summed E-state index contributed by atoms with van der Waals surface area (Å²) in [4.78, 5) is 6.72. The fraction of sp³-hybridized carbons (Fsp3) is 0.318. The van der Waals surface area contributed by atoms with Gasteiger partial charge in [0.05, 0.1) is 5.52 Å². The van der Waals surface area contributed by atoms with E-state index in [1.54, 1.807) is 12.1 Å². The largest absolute Gasteiger partial charge is 0.383 e. The van der Waals surface area contributed by atoms with Gasteiger partial charge in [0.2, 0.25) is 0 Å². The van der Waals surface area contributed by atoms with E-state index in [1.807, 2.05) is 36.1 Å². The number of pyridine rings is 1. The van der Waals surface area contributed by atoms with Crippen LogP contribution in [0, 0.1) is 6.92 Å². The summed E-state index contributed by atoms with van der Waals surface area (Å²) in [7, 11) is 0. The molecule has 4 nitrogen and oxygen atoms in total. The normalized spacial score (nSPS) is 15.9. The SMILES string of the molecule is Cc1ccc2nc(N3CCC(F)(F)c4ccccc4C3)cc(NCCN)c2c1. The van der Waals surface area contributed by atoms with Crippen molar-refractivity contribution in [3.05, 3.63) is 65.2 Å². The molecule has 0 aliphatic carbocycles. The highest BCUT2D eigenvalue weighted by Gasteiger charge is 2.37. The first-order valence-corrected chi connectivity index (χ1v) is 9.54. The molecule has 6 heteroatoms. The van der Waals surface area contributed by atoms with Crippen LogP contribution in [0.3, 0.4) is 0 Å². The van der Waals surface area contributed by atoms with Crippen molar-refractivity contribution in [2.75, 3.05) is 29.9 Å². The van der Waals surface area contributed by atoms with E-state index in [-0.39, 0.29) is 18.5 Å². The van der Waals surface area contributed by atoms with Crippen molar-refractivity contribution in [2.45, 2.75) is 25.8 Å². The molecule has 0 spiro atoms. The molecule has 0 atom stereocenters. The van der Waals surface area contributed by atoms with Gasteiger partial charge in [-0.05, 0) is 24.6 Å². The van der Waals surface area contributed by atoms with Crippen LogP contribution in [0.2, 0.25) is 0 Å². The number of hydrogen-bond donors (Lipinski definition) is 2. The van der Waals surface area contributed by atoms with Crippen LogP contribution in [-0.4, -0.2) is 24.6 Å². The van der Waals surface area contributed by atoms with E-state index in [0.29, 0.717) is 31.0 Å². The van der Waals surface area contributed by atoms with Gasteiger partial charge in [-0.3, -0.25) is 0 Å². The van der Waals surface area contributed by atoms with Crippen molar-refractivity contribution in [1.82, 2.24) is 4.98 Å². The Morgan fingerprint density at radius 2 is 2.00 bits per heavy atom. The smallest absolute Gasteiger partial charge is 0.275 e. The number of hydrogen-bond acceptors (Lipinski definition) is 4. The molecular weight excluding hydrogens is 358 g/mol. The van der Waals surface area contributed by atoms with Crippen molar-refractivity contribution in [3.8, 4) is 0 Å². The Morgan fingerprint density at radius 1 is 1.18 bits per heavy atom. The summed E-state index contributed by atoms with van der Waals surface area (Å²) in [5.74, 6) is -2.14. The second-order valence-corrected chi connectivity index (χ2v) is 7.30. The van der Waals surface area contributed by atoms with Crippen LogP contribution in [0.1, 0.15) is 23.1 Å². The molecule has 0 unspecified atom stereocenters. The maximum atomic E-state index is 14.6. The molecule has 1 aliphatic rings. The number of rotatable bonds is 4. The first-order chi connectivity index (χ1) is 13.5. The molecule has 28 heavy (non-hydrogen) atoms. The summed E-state index contributed by atoms with van der Waals surface area (Å²) in [6, 6.07) is 14.8. The second-order valence-electron chi connectivity index (χ2n) is 7.30. The second kappa shape index (κ2) is 7.36. The average Bonchev–Trinajstić information content (AvgIpc) is 2.82. The lowest BCUT2D eigenvalue weighted by Crippen LogP contribution is -2.25. The summed E-state index contributed by atoms with van der Waals surface area (Å²) >= 11 is 0. The molecule has 0 amide bonds. The lowest BCUT2D eigenvalue weighted by molar-refractivity contribution is -0.00967. The van der Waals surface area contributed by atoms with Crippen LogP contribution in [-0.2, 0) is 12.5 Å². The molecule has 3 N–H and O–H groups in total. The number of aryl methyl sites for hydroxylation is 1. The van der Waals surface area contributed by atoms with E-state index in [1.165, 1.54) is 6.07 Å². The van der Waals surface area contributed by atoms with Crippen molar-refractivity contribution >= 4 is 22.4 Å². The quantitative estimate of drug-likeness (QED) is 0.702. The Labute approximate surface area is 163 Å². The fourth-order valence-electron chi connectivity index (χ4n) is 3.75. The lowest BCUT2D eigenvalue weighted by Gasteiger charge is -2.24. The molecular formula is C22H24F2N4. The minimum Gasteiger partial charge on any atom is -0.383 e. The number of benzene rings is 2. The van der Waals surface area contributed by atoms with Crippen LogP contribution in [0.4, 0.5) is 20.3 Å². The summed E-state index contributed by atoms with van der Waals surface area (Å²) in [5.41, 5.74) is 9.34. The predicted molar refractivity (Wildman–Crippen MR) is 110 cm³/mol. The summed E-state index contributed by atoms with van der Waals surface area (Å²) in [5, 5.41) is 4.37. The molecule has 2 aromatic carbocycles. The Bertz CT molecular complexity index is 1000. The highest BCUT2D eigenvalue weighted by molar-refractivity contribution is 5.93. The van der Waals surface area contributed by atoms with Crippen molar-refractivity contribution in [3.63, 3.8) is 0 Å². The summed E-state index contributed by atoms with van der Waals surface area (Å²) < 4.78 is 29.2. The van der Waals surface area contributed by atoms with Gasteiger partial charge in [-0.15, -0.1) is 0 Å². The van der Waals surface area contributed by atoms with Crippen LogP contribution < -0.4 is 16.0 Å². The Balaban J connectivity index is 1.77. The zero-order valence-corrected chi connectivity index (χ0v) is 15.9. The van der Waals surface area contributed by atoms with E-state index < -0.39 is 5.92 Å². The third-order valence-electron chi connectivity index (χ3n) is 5.20. The first kappa shape index (κ1) is 18.6. The summed E-state index contributed by atoms with van der Waals surface area (Å²) in [6.45, 7) is 3.82. The Morgan fingerprint density at radius 3 is 2.82 bits per heavy atom. The predicted octanol–water partition coefficient (Wildman–Crippen LogP) is 4.42. The van der Waals surface area contributed by atoms with Crippen LogP contribution >= 0.6 is 0 Å². The topological polar surface area (TPSA) is 54.2 Å². The molecule has 0 bridgehead atoms. The number of nitrogens with zero attached hydrogens (tertiary/aromatic N) is 2. The van der Waals surface area contributed by atoms with Gasteiger partial charge in [-0.25, -0.2) is 13.8 Å². The van der Waals surface area contributed by atoms with Gasteiger partial charge >= 0.3 is 0 Å². The van der Waals surface area contributed by atoms with Crippen LogP contribution in [0.5, 0.6) is 0 Å². The molecule has 146 valence electrons. The third kappa shape index (κ3) is 3.52. The van der Waals surface area contributed by atoms with Crippen LogP contribution in [0.15, 0.2) is 48.5 Å². The number of alkyl halides is 2. The number of aromatic nitrogens is 1. The minimum atomic E-state index is -2.83. The third-order valence-corrected chi connectivity index (χ3v) is 5.20. The molecule has 0 radical (unpaired) electrons. The highest BCUT2D eigenvalue weighted by atomic mass is 19.3. The number of halogens is 2. The van der Waals surface area contributed by atoms with Gasteiger partial charge in [0.25, 0.3) is 5.92 Å². The monoisotopic (exact) mass is 382 g/mol. The summed E-state index contributed by atoms with van der Waals surface area (Å²) in [6.07, 6.45) is -0.233. The van der Waals surface area contributed by atoms with E-state index >= 15 is 0 Å². The number of anilines is 2.